The van der Waals surface area contributed by atoms with Gasteiger partial charge in [0.15, 0.2) is 0 Å². The summed E-state index contributed by atoms with van der Waals surface area (Å²) < 4.78 is 6.04. The van der Waals surface area contributed by atoms with E-state index in [1.165, 1.54) is 17.1 Å². The van der Waals surface area contributed by atoms with E-state index in [0.29, 0.717) is 10.8 Å². The lowest BCUT2D eigenvalue weighted by molar-refractivity contribution is -0.126. The molecule has 1 atom stereocenters. The van der Waals surface area contributed by atoms with Crippen LogP contribution < -0.4 is 10.1 Å². The number of β-lactam (4-membered cyclic amide) rings is 1. The molecule has 1 saturated heterocycles. The maximum atomic E-state index is 10.8. The summed E-state index contributed by atoms with van der Waals surface area (Å²) in [6, 6.07) is 13.9. The van der Waals surface area contributed by atoms with Gasteiger partial charge in [0.25, 0.3) is 0 Å². The zero-order valence-electron chi connectivity index (χ0n) is 9.96. The third kappa shape index (κ3) is 2.88. The summed E-state index contributed by atoms with van der Waals surface area (Å²) in [5, 5.41) is 5.08. The summed E-state index contributed by atoms with van der Waals surface area (Å²) in [6.07, 6.45) is 0.506. The zero-order valence-corrected chi connectivity index (χ0v) is 11.6. The minimum atomic E-state index is 0.0560. The quantitative estimate of drug-likeness (QED) is 0.681. The molecule has 2 aromatic carbocycles. The van der Waals surface area contributed by atoms with Gasteiger partial charge in [-0.15, -0.1) is 0 Å². The Morgan fingerprint density at radius 1 is 1.26 bits per heavy atom. The number of thiocarbonyl (C=S) groups is 1. The first-order chi connectivity index (χ1) is 9.20. The minimum absolute atomic E-state index is 0.0560. The molecule has 19 heavy (non-hydrogen) atoms. The summed E-state index contributed by atoms with van der Waals surface area (Å²) in [5.41, 5.74) is 0. The maximum absolute atomic E-state index is 10.8. The van der Waals surface area contributed by atoms with Gasteiger partial charge in [-0.25, -0.2) is 0 Å². The number of fused-ring (bicyclic) bond motifs is 1. The predicted molar refractivity (Wildman–Crippen MR) is 81.3 cm³/mol. The number of benzene rings is 2. The fourth-order valence-electron chi connectivity index (χ4n) is 1.87. The Morgan fingerprint density at radius 3 is 2.74 bits per heavy atom. The van der Waals surface area contributed by atoms with Gasteiger partial charge in [-0.1, -0.05) is 42.1 Å². The molecule has 0 saturated carbocycles. The first-order valence-electron chi connectivity index (χ1n) is 5.87. The van der Waals surface area contributed by atoms with Gasteiger partial charge >= 0.3 is 0 Å². The molecule has 0 aliphatic carbocycles. The Bertz CT molecular complexity index is 649. The van der Waals surface area contributed by atoms with Crippen LogP contribution >= 0.6 is 24.0 Å². The van der Waals surface area contributed by atoms with Crippen molar-refractivity contribution in [3.63, 3.8) is 0 Å². The second kappa shape index (κ2) is 5.19. The van der Waals surface area contributed by atoms with Crippen LogP contribution in [0.1, 0.15) is 6.42 Å². The van der Waals surface area contributed by atoms with Gasteiger partial charge in [0.2, 0.25) is 10.3 Å². The smallest absolute Gasteiger partial charge is 0.227 e. The molecule has 1 fully saturated rings. The van der Waals surface area contributed by atoms with E-state index in [4.69, 9.17) is 17.0 Å². The van der Waals surface area contributed by atoms with E-state index in [2.05, 4.69) is 11.4 Å². The lowest BCUT2D eigenvalue weighted by atomic mass is 10.1. The Labute approximate surface area is 120 Å². The second-order valence-electron chi connectivity index (χ2n) is 4.24. The van der Waals surface area contributed by atoms with E-state index in [-0.39, 0.29) is 11.3 Å². The molecule has 5 heteroatoms. The fourth-order valence-corrected chi connectivity index (χ4v) is 3.11. The summed E-state index contributed by atoms with van der Waals surface area (Å²) >= 11 is 6.53. The highest BCUT2D eigenvalue weighted by atomic mass is 32.2. The van der Waals surface area contributed by atoms with Crippen molar-refractivity contribution >= 4 is 45.0 Å². The molecule has 3 rings (SSSR count). The lowest BCUT2D eigenvalue weighted by Gasteiger charge is -2.25. The topological polar surface area (TPSA) is 38.3 Å². The second-order valence-corrected chi connectivity index (χ2v) is 6.04. The Kier molecular flexibility index (Phi) is 3.40. The van der Waals surface area contributed by atoms with Gasteiger partial charge in [0.05, 0.1) is 11.8 Å². The summed E-state index contributed by atoms with van der Waals surface area (Å²) in [5.74, 6) is 0.785. The van der Waals surface area contributed by atoms with Crippen molar-refractivity contribution in [1.82, 2.24) is 5.32 Å². The number of carbonyl (C=O) groups excluding carboxylic acids is 1. The van der Waals surface area contributed by atoms with Crippen molar-refractivity contribution in [2.45, 2.75) is 11.8 Å². The molecule has 96 valence electrons. The fraction of sp³-hybridized carbons (Fsp3) is 0.143. The zero-order chi connectivity index (χ0) is 13.2. The van der Waals surface area contributed by atoms with Crippen LogP contribution in [0.2, 0.25) is 0 Å². The van der Waals surface area contributed by atoms with Crippen LogP contribution in [0.3, 0.4) is 0 Å². The van der Waals surface area contributed by atoms with E-state index in [9.17, 15) is 4.79 Å². The van der Waals surface area contributed by atoms with Crippen molar-refractivity contribution in [1.29, 1.82) is 0 Å². The van der Waals surface area contributed by atoms with Crippen LogP contribution in [0.4, 0.5) is 0 Å². The van der Waals surface area contributed by atoms with Gasteiger partial charge in [-0.05, 0) is 35.1 Å². The molecule has 0 spiro atoms. The third-order valence-electron chi connectivity index (χ3n) is 2.85. The highest BCUT2D eigenvalue weighted by Crippen LogP contribution is 2.25. The van der Waals surface area contributed by atoms with Crippen LogP contribution in [0, 0.1) is 0 Å². The molecule has 1 aliphatic heterocycles. The molecule has 1 aliphatic rings. The van der Waals surface area contributed by atoms with Crippen molar-refractivity contribution in [2.75, 3.05) is 0 Å². The molecule has 1 amide bonds. The normalized spacial score (nSPS) is 17.7. The van der Waals surface area contributed by atoms with Gasteiger partial charge in [-0.3, -0.25) is 4.79 Å². The average molecular weight is 289 g/mol. The SMILES string of the molecule is O=C1CC(SC(=S)Oc2ccc3ccccc3c2)N1. The molecular formula is C14H11NO2S2. The molecule has 2 aromatic rings. The van der Waals surface area contributed by atoms with E-state index in [0.717, 1.165) is 11.1 Å². The minimum Gasteiger partial charge on any atom is -0.440 e. The number of rotatable bonds is 2. The third-order valence-corrected chi connectivity index (χ3v) is 4.07. The summed E-state index contributed by atoms with van der Waals surface area (Å²) in [6.45, 7) is 0. The lowest BCUT2D eigenvalue weighted by Crippen LogP contribution is -2.46. The number of ether oxygens (including phenoxy) is 1. The Hall–Kier alpha value is -1.59. The van der Waals surface area contributed by atoms with Crippen LogP contribution in [-0.2, 0) is 4.79 Å². The Balaban J connectivity index is 1.67. The predicted octanol–water partition coefficient (Wildman–Crippen LogP) is 3.08. The summed E-state index contributed by atoms with van der Waals surface area (Å²) in [4.78, 5) is 10.8. The first kappa shape index (κ1) is 12.4. The molecule has 0 radical (unpaired) electrons. The largest absolute Gasteiger partial charge is 0.440 e. The van der Waals surface area contributed by atoms with Crippen molar-refractivity contribution < 1.29 is 9.53 Å². The number of hydrogen-bond acceptors (Lipinski definition) is 4. The van der Waals surface area contributed by atoms with Crippen molar-refractivity contribution in [3.05, 3.63) is 42.5 Å². The number of hydrogen-bond donors (Lipinski definition) is 1. The maximum Gasteiger partial charge on any atom is 0.227 e. The van der Waals surface area contributed by atoms with Crippen LogP contribution in [0.5, 0.6) is 5.75 Å². The number of amides is 1. The van der Waals surface area contributed by atoms with E-state index in [1.54, 1.807) is 0 Å². The molecule has 1 heterocycles. The molecule has 3 nitrogen and oxygen atoms in total. The van der Waals surface area contributed by atoms with Gasteiger partial charge in [0, 0.05) is 0 Å². The monoisotopic (exact) mass is 289 g/mol. The van der Waals surface area contributed by atoms with Crippen LogP contribution in [-0.4, -0.2) is 15.7 Å². The summed E-state index contributed by atoms with van der Waals surface area (Å²) in [7, 11) is 0. The molecule has 0 bridgehead atoms. The standard InChI is InChI=1S/C14H11NO2S2/c16-12-8-13(15-12)19-14(18)17-11-6-5-9-3-1-2-4-10(9)7-11/h1-7,13H,8H2,(H,15,16). The average Bonchev–Trinajstić information content (AvgIpc) is 2.37. The van der Waals surface area contributed by atoms with Gasteiger partial charge < -0.3 is 10.1 Å². The number of carbonyl (C=O) groups is 1. The van der Waals surface area contributed by atoms with E-state index in [1.807, 2.05) is 36.4 Å². The number of nitrogens with one attached hydrogen (secondary N) is 1. The highest BCUT2D eigenvalue weighted by molar-refractivity contribution is 8.23. The van der Waals surface area contributed by atoms with Crippen LogP contribution in [0.15, 0.2) is 42.5 Å². The van der Waals surface area contributed by atoms with E-state index < -0.39 is 0 Å². The molecule has 1 unspecified atom stereocenters. The Morgan fingerprint density at radius 2 is 2.00 bits per heavy atom. The van der Waals surface area contributed by atoms with Crippen molar-refractivity contribution in [3.8, 4) is 5.75 Å². The molecule has 0 aromatic heterocycles. The van der Waals surface area contributed by atoms with Crippen LogP contribution in [0.25, 0.3) is 10.8 Å². The van der Waals surface area contributed by atoms with E-state index >= 15 is 0 Å². The van der Waals surface area contributed by atoms with Gasteiger partial charge in [-0.2, -0.15) is 0 Å². The van der Waals surface area contributed by atoms with Crippen molar-refractivity contribution in [2.24, 2.45) is 0 Å². The molecule has 1 N–H and O–H groups in total. The number of thioether (sulfide) groups is 1. The first-order valence-corrected chi connectivity index (χ1v) is 7.16. The molecular weight excluding hydrogens is 278 g/mol. The highest BCUT2D eigenvalue weighted by Gasteiger charge is 2.27. The van der Waals surface area contributed by atoms with Gasteiger partial charge in [0.1, 0.15) is 5.75 Å².